The predicted molar refractivity (Wildman–Crippen MR) is 91.6 cm³/mol. The van der Waals surface area contributed by atoms with E-state index in [0.29, 0.717) is 11.6 Å². The lowest BCUT2D eigenvalue weighted by molar-refractivity contribution is -0.119. The van der Waals surface area contributed by atoms with E-state index >= 15 is 0 Å². The van der Waals surface area contributed by atoms with Crippen LogP contribution in [0.3, 0.4) is 0 Å². The summed E-state index contributed by atoms with van der Waals surface area (Å²) in [6.07, 6.45) is 2.34. The molecule has 0 saturated carbocycles. The quantitative estimate of drug-likeness (QED) is 0.566. The van der Waals surface area contributed by atoms with Crippen molar-refractivity contribution in [1.82, 2.24) is 15.3 Å². The van der Waals surface area contributed by atoms with Crippen LogP contribution in [0.25, 0.3) is 0 Å². The molecule has 8 heteroatoms. The van der Waals surface area contributed by atoms with Crippen molar-refractivity contribution in [3.05, 3.63) is 40.2 Å². The van der Waals surface area contributed by atoms with Crippen LogP contribution in [0.1, 0.15) is 34.8 Å². The van der Waals surface area contributed by atoms with Crippen LogP contribution in [0.5, 0.6) is 0 Å². The summed E-state index contributed by atoms with van der Waals surface area (Å²) in [5, 5.41) is 3.43. The van der Waals surface area contributed by atoms with Crippen LogP contribution in [0, 0.1) is 13.8 Å². The minimum atomic E-state index is -0.220. The third-order valence-electron chi connectivity index (χ3n) is 3.13. The molecular weight excluding hydrogens is 312 g/mol. The molecule has 1 amide bonds. The summed E-state index contributed by atoms with van der Waals surface area (Å²) >= 11 is 1.36. The fourth-order valence-corrected chi connectivity index (χ4v) is 3.26. The van der Waals surface area contributed by atoms with Gasteiger partial charge in [0.2, 0.25) is 11.0 Å². The van der Waals surface area contributed by atoms with Gasteiger partial charge in [-0.25, -0.2) is 4.98 Å². The molecule has 0 bridgehead atoms. The van der Waals surface area contributed by atoms with E-state index in [1.165, 1.54) is 18.3 Å². The van der Waals surface area contributed by atoms with Crippen LogP contribution >= 0.6 is 11.3 Å². The van der Waals surface area contributed by atoms with E-state index in [1.54, 1.807) is 6.20 Å². The molecule has 2 heterocycles. The van der Waals surface area contributed by atoms with Crippen molar-refractivity contribution in [3.63, 3.8) is 0 Å². The van der Waals surface area contributed by atoms with Gasteiger partial charge in [-0.1, -0.05) is 11.3 Å². The highest BCUT2D eigenvalue weighted by Gasteiger charge is 2.20. The maximum atomic E-state index is 11.6. The molecule has 0 aliphatic carbocycles. The first-order valence-electron chi connectivity index (χ1n) is 7.10. The van der Waals surface area contributed by atoms with Crippen LogP contribution in [-0.4, -0.2) is 21.8 Å². The summed E-state index contributed by atoms with van der Waals surface area (Å²) in [5.41, 5.74) is 13.6. The summed E-state index contributed by atoms with van der Waals surface area (Å²) in [7, 11) is 0. The number of thiazole rings is 1. The van der Waals surface area contributed by atoms with E-state index in [4.69, 9.17) is 11.5 Å². The van der Waals surface area contributed by atoms with Gasteiger partial charge >= 0.3 is 0 Å². The van der Waals surface area contributed by atoms with Crippen molar-refractivity contribution in [1.29, 1.82) is 0 Å². The van der Waals surface area contributed by atoms with Gasteiger partial charge < -0.3 is 16.8 Å². The lowest BCUT2D eigenvalue weighted by Gasteiger charge is -2.16. The van der Waals surface area contributed by atoms with Gasteiger partial charge in [0.25, 0.3) is 0 Å². The minimum Gasteiger partial charge on any atom is -0.370 e. The molecule has 2 rings (SSSR count). The lowest BCUT2D eigenvalue weighted by Crippen LogP contribution is -2.27. The van der Waals surface area contributed by atoms with Gasteiger partial charge in [-0.3, -0.25) is 9.78 Å². The van der Waals surface area contributed by atoms with E-state index in [0.717, 1.165) is 21.8 Å². The first-order valence-corrected chi connectivity index (χ1v) is 7.92. The number of aliphatic imine (C=N–C) groups is 1. The monoisotopic (exact) mass is 332 g/mol. The number of amides is 1. The van der Waals surface area contributed by atoms with Crippen molar-refractivity contribution in [2.75, 3.05) is 0 Å². The fraction of sp³-hybridized carbons (Fsp3) is 0.333. The van der Waals surface area contributed by atoms with Crippen molar-refractivity contribution in [3.8, 4) is 0 Å². The molecule has 5 N–H and O–H groups in total. The Morgan fingerprint density at radius 1 is 1.43 bits per heavy atom. The topological polar surface area (TPSA) is 119 Å². The molecule has 1 atom stereocenters. The molecule has 1 unspecified atom stereocenters. The highest BCUT2D eigenvalue weighted by atomic mass is 32.1. The Kier molecular flexibility index (Phi) is 5.28. The molecular formula is C15H20N6OS. The minimum absolute atomic E-state index is 0.0401. The smallest absolute Gasteiger partial charge is 0.217 e. The van der Waals surface area contributed by atoms with Gasteiger partial charge in [0, 0.05) is 25.2 Å². The molecule has 0 aliphatic heterocycles. The highest BCUT2D eigenvalue weighted by Crippen LogP contribution is 2.31. The SMILES string of the molecule is CC(=O)NC(Cc1cc(C)ccn1)c1sc(N=C(N)N)nc1C. The number of carbonyl (C=O) groups excluding carboxylic acids is 1. The number of rotatable bonds is 5. The third kappa shape index (κ3) is 4.75. The van der Waals surface area contributed by atoms with Gasteiger partial charge in [-0.2, -0.15) is 4.99 Å². The molecule has 7 nitrogen and oxygen atoms in total. The highest BCUT2D eigenvalue weighted by molar-refractivity contribution is 7.15. The Hall–Kier alpha value is -2.48. The maximum absolute atomic E-state index is 11.6. The van der Waals surface area contributed by atoms with Crippen molar-refractivity contribution in [2.24, 2.45) is 16.5 Å². The number of nitrogens with zero attached hydrogens (tertiary/aromatic N) is 3. The number of guanidine groups is 1. The Bertz CT molecular complexity index is 735. The Morgan fingerprint density at radius 3 is 2.78 bits per heavy atom. The first kappa shape index (κ1) is 16.9. The van der Waals surface area contributed by atoms with Crippen LogP contribution in [0.15, 0.2) is 23.3 Å². The van der Waals surface area contributed by atoms with Gasteiger partial charge in [0.1, 0.15) is 0 Å². The second-order valence-corrected chi connectivity index (χ2v) is 6.27. The number of nitrogens with one attached hydrogen (secondary N) is 1. The van der Waals surface area contributed by atoms with Crippen molar-refractivity contribution in [2.45, 2.75) is 33.2 Å². The second-order valence-electron chi connectivity index (χ2n) is 5.26. The van der Waals surface area contributed by atoms with Crippen LogP contribution in [0.4, 0.5) is 5.13 Å². The number of hydrogen-bond acceptors (Lipinski definition) is 5. The number of aryl methyl sites for hydroxylation is 2. The zero-order chi connectivity index (χ0) is 17.0. The molecule has 122 valence electrons. The maximum Gasteiger partial charge on any atom is 0.217 e. The zero-order valence-corrected chi connectivity index (χ0v) is 14.1. The molecule has 0 fully saturated rings. The number of aromatic nitrogens is 2. The molecule has 0 saturated heterocycles. The number of pyridine rings is 1. The summed E-state index contributed by atoms with van der Waals surface area (Å²) in [6, 6.07) is 3.72. The van der Waals surface area contributed by atoms with E-state index in [-0.39, 0.29) is 17.9 Å². The second kappa shape index (κ2) is 7.19. The summed E-state index contributed by atoms with van der Waals surface area (Å²) in [4.78, 5) is 25.2. The van der Waals surface area contributed by atoms with Gasteiger partial charge in [0.05, 0.1) is 16.6 Å². The number of carbonyl (C=O) groups is 1. The van der Waals surface area contributed by atoms with Gasteiger partial charge in [0.15, 0.2) is 5.96 Å². The van der Waals surface area contributed by atoms with Crippen LogP contribution in [0.2, 0.25) is 0 Å². The van der Waals surface area contributed by atoms with Gasteiger partial charge in [-0.15, -0.1) is 0 Å². The van der Waals surface area contributed by atoms with E-state index in [1.807, 2.05) is 26.0 Å². The molecule has 2 aromatic rings. The first-order chi connectivity index (χ1) is 10.8. The van der Waals surface area contributed by atoms with E-state index in [2.05, 4.69) is 20.3 Å². The van der Waals surface area contributed by atoms with E-state index < -0.39 is 0 Å². The standard InChI is InChI=1S/C15H20N6OS/c1-8-4-5-18-11(6-8)7-12(20-10(3)22)13-9(2)19-15(23-13)21-14(16)17/h4-6,12H,7H2,1-3H3,(H,20,22)(H4,16,17,19,21). The molecule has 2 aromatic heterocycles. The fourth-order valence-electron chi connectivity index (χ4n) is 2.25. The number of hydrogen-bond donors (Lipinski definition) is 3. The normalized spacial score (nSPS) is 11.8. The molecule has 23 heavy (non-hydrogen) atoms. The molecule has 0 aromatic carbocycles. The summed E-state index contributed by atoms with van der Waals surface area (Å²) in [6.45, 7) is 5.37. The zero-order valence-electron chi connectivity index (χ0n) is 13.3. The van der Waals surface area contributed by atoms with Crippen LogP contribution in [-0.2, 0) is 11.2 Å². The van der Waals surface area contributed by atoms with Gasteiger partial charge in [-0.05, 0) is 31.5 Å². The predicted octanol–water partition coefficient (Wildman–Crippen LogP) is 1.48. The molecule has 0 radical (unpaired) electrons. The average Bonchev–Trinajstić information content (AvgIpc) is 2.77. The average molecular weight is 332 g/mol. The Labute approximate surface area is 138 Å². The van der Waals surface area contributed by atoms with Crippen molar-refractivity contribution < 1.29 is 4.79 Å². The lowest BCUT2D eigenvalue weighted by atomic mass is 10.1. The van der Waals surface area contributed by atoms with Crippen molar-refractivity contribution >= 4 is 28.3 Å². The third-order valence-corrected chi connectivity index (χ3v) is 4.29. The number of nitrogens with two attached hydrogens (primary N) is 2. The largest absolute Gasteiger partial charge is 0.370 e. The molecule has 0 aliphatic rings. The Balaban J connectivity index is 2.33. The van der Waals surface area contributed by atoms with E-state index in [9.17, 15) is 4.79 Å². The Morgan fingerprint density at radius 2 is 2.17 bits per heavy atom. The summed E-state index contributed by atoms with van der Waals surface area (Å²) < 4.78 is 0. The summed E-state index contributed by atoms with van der Waals surface area (Å²) in [5.74, 6) is -0.152. The van der Waals surface area contributed by atoms with Crippen LogP contribution < -0.4 is 16.8 Å². The molecule has 0 spiro atoms.